The molecule has 0 bridgehead atoms. The molecule has 1 N–H and O–H groups in total. The number of benzene rings is 2. The van der Waals surface area contributed by atoms with Crippen molar-refractivity contribution >= 4 is 11.0 Å². The molecule has 0 radical (unpaired) electrons. The molecule has 0 saturated heterocycles. The van der Waals surface area contributed by atoms with Crippen molar-refractivity contribution in [1.29, 1.82) is 0 Å². The number of phenolic OH excluding ortho intramolecular Hbond substituents is 1. The summed E-state index contributed by atoms with van der Waals surface area (Å²) in [5.74, 6) is -2.60. The maximum Gasteiger partial charge on any atom is 0.453 e. The predicted octanol–water partition coefficient (Wildman–Crippen LogP) is 5.92. The van der Waals surface area contributed by atoms with Crippen molar-refractivity contribution in [3.05, 3.63) is 63.5 Å². The van der Waals surface area contributed by atoms with Gasteiger partial charge in [0.05, 0.1) is 5.39 Å². The molecular formula is C21H19F3O4. The molecule has 0 fully saturated rings. The van der Waals surface area contributed by atoms with Gasteiger partial charge >= 0.3 is 6.18 Å². The molecule has 0 amide bonds. The highest BCUT2D eigenvalue weighted by Gasteiger charge is 2.41. The number of alkyl halides is 3. The molecule has 28 heavy (non-hydrogen) atoms. The van der Waals surface area contributed by atoms with Crippen molar-refractivity contribution in [2.24, 2.45) is 0 Å². The van der Waals surface area contributed by atoms with E-state index in [-0.39, 0.29) is 22.5 Å². The lowest BCUT2D eigenvalue weighted by Gasteiger charge is -2.24. The first kappa shape index (κ1) is 19.8. The Morgan fingerprint density at radius 2 is 1.71 bits per heavy atom. The number of fused-ring (bicyclic) bond motifs is 1. The summed E-state index contributed by atoms with van der Waals surface area (Å²) < 4.78 is 51.4. The number of aryl methyl sites for hydroxylation is 1. The van der Waals surface area contributed by atoms with Crippen molar-refractivity contribution in [3.8, 4) is 17.2 Å². The Morgan fingerprint density at radius 1 is 1.04 bits per heavy atom. The smallest absolute Gasteiger partial charge is 0.453 e. The minimum Gasteiger partial charge on any atom is -0.508 e. The highest BCUT2D eigenvalue weighted by molar-refractivity contribution is 5.79. The highest BCUT2D eigenvalue weighted by atomic mass is 19.4. The zero-order valence-corrected chi connectivity index (χ0v) is 15.8. The Balaban J connectivity index is 2.32. The highest BCUT2D eigenvalue weighted by Crippen LogP contribution is 2.41. The first-order valence-corrected chi connectivity index (χ1v) is 8.54. The van der Waals surface area contributed by atoms with Crippen molar-refractivity contribution < 1.29 is 27.4 Å². The van der Waals surface area contributed by atoms with Gasteiger partial charge in [-0.3, -0.25) is 4.79 Å². The molecule has 1 aromatic heterocycles. The summed E-state index contributed by atoms with van der Waals surface area (Å²) in [4.78, 5) is 12.8. The molecule has 0 spiro atoms. The third-order valence-electron chi connectivity index (χ3n) is 4.32. The summed E-state index contributed by atoms with van der Waals surface area (Å²) >= 11 is 0. The van der Waals surface area contributed by atoms with E-state index in [4.69, 9.17) is 9.15 Å². The molecule has 2 aromatic carbocycles. The summed E-state index contributed by atoms with van der Waals surface area (Å²) in [5.41, 5.74) is -0.512. The topological polar surface area (TPSA) is 59.7 Å². The van der Waals surface area contributed by atoms with Crippen LogP contribution in [0.25, 0.3) is 11.0 Å². The van der Waals surface area contributed by atoms with Crippen LogP contribution >= 0.6 is 0 Å². The summed E-state index contributed by atoms with van der Waals surface area (Å²) in [7, 11) is 0. The molecule has 0 saturated carbocycles. The first-order valence-electron chi connectivity index (χ1n) is 8.54. The van der Waals surface area contributed by atoms with Crippen LogP contribution in [0.4, 0.5) is 13.2 Å². The first-order chi connectivity index (χ1) is 12.9. The van der Waals surface area contributed by atoms with Crippen molar-refractivity contribution in [3.63, 3.8) is 0 Å². The van der Waals surface area contributed by atoms with Crippen LogP contribution in [0.3, 0.4) is 0 Å². The zero-order chi connectivity index (χ0) is 20.9. The van der Waals surface area contributed by atoms with E-state index in [2.05, 4.69) is 0 Å². The van der Waals surface area contributed by atoms with E-state index in [1.807, 2.05) is 20.8 Å². The molecule has 0 aliphatic rings. The maximum absolute atomic E-state index is 13.6. The van der Waals surface area contributed by atoms with Crippen LogP contribution in [-0.2, 0) is 11.6 Å². The SMILES string of the molecule is Cc1cccc(C(C)(C)C)c1Oc1c(C(F)(F)F)oc2cc(O)ccc2c1=O. The molecule has 1 heterocycles. The molecule has 4 nitrogen and oxygen atoms in total. The lowest BCUT2D eigenvalue weighted by Crippen LogP contribution is -2.18. The standard InChI is InChI=1S/C21H19F3O4/c1-11-6-5-7-14(20(2,3)4)17(11)28-18-16(26)13-9-8-12(25)10-15(13)27-19(18)21(22,23)24/h5-10,25H,1-4H3. The number of hydrogen-bond acceptors (Lipinski definition) is 4. The van der Waals surface area contributed by atoms with Crippen molar-refractivity contribution in [2.75, 3.05) is 0 Å². The van der Waals surface area contributed by atoms with Gasteiger partial charge in [-0.15, -0.1) is 0 Å². The Hall–Kier alpha value is -2.96. The predicted molar refractivity (Wildman–Crippen MR) is 99.1 cm³/mol. The van der Waals surface area contributed by atoms with Gasteiger partial charge in [-0.25, -0.2) is 0 Å². The van der Waals surface area contributed by atoms with E-state index in [0.29, 0.717) is 11.1 Å². The van der Waals surface area contributed by atoms with Crippen LogP contribution in [-0.4, -0.2) is 5.11 Å². The van der Waals surface area contributed by atoms with E-state index in [0.717, 1.165) is 6.07 Å². The van der Waals surface area contributed by atoms with Crippen LogP contribution < -0.4 is 10.2 Å². The van der Waals surface area contributed by atoms with Gasteiger partial charge in [-0.05, 0) is 30.0 Å². The van der Waals surface area contributed by atoms with Crippen molar-refractivity contribution in [1.82, 2.24) is 0 Å². The van der Waals surface area contributed by atoms with Gasteiger partial charge in [-0.2, -0.15) is 13.2 Å². The third kappa shape index (κ3) is 3.56. The molecule has 0 unspecified atom stereocenters. The number of ether oxygens (including phenoxy) is 1. The Kier molecular flexibility index (Phi) is 4.65. The summed E-state index contributed by atoms with van der Waals surface area (Å²) in [6.07, 6.45) is -4.96. The van der Waals surface area contributed by atoms with Gasteiger partial charge in [0.2, 0.25) is 11.2 Å². The molecule has 0 aliphatic carbocycles. The minimum atomic E-state index is -4.96. The van der Waals surface area contributed by atoms with Crippen LogP contribution in [0.1, 0.15) is 37.7 Å². The Morgan fingerprint density at radius 3 is 2.32 bits per heavy atom. The summed E-state index contributed by atoms with van der Waals surface area (Å²) in [6, 6.07) is 8.58. The van der Waals surface area contributed by atoms with Gasteiger partial charge in [-0.1, -0.05) is 39.0 Å². The van der Waals surface area contributed by atoms with Gasteiger partial charge in [0.25, 0.3) is 5.76 Å². The number of hydrogen-bond donors (Lipinski definition) is 1. The summed E-state index contributed by atoms with van der Waals surface area (Å²) in [5, 5.41) is 9.39. The van der Waals surface area contributed by atoms with Gasteiger partial charge in [0.15, 0.2) is 0 Å². The molecule has 3 rings (SSSR count). The Bertz CT molecular complexity index is 1110. The largest absolute Gasteiger partial charge is 0.508 e. The van der Waals surface area contributed by atoms with Crippen molar-refractivity contribution in [2.45, 2.75) is 39.3 Å². The fourth-order valence-corrected chi connectivity index (χ4v) is 2.92. The second-order valence-corrected chi connectivity index (χ2v) is 7.57. The van der Waals surface area contributed by atoms with E-state index < -0.39 is 28.5 Å². The minimum absolute atomic E-state index is 0.119. The van der Waals surface area contributed by atoms with Crippen LogP contribution in [0.2, 0.25) is 0 Å². The van der Waals surface area contributed by atoms with E-state index in [1.54, 1.807) is 25.1 Å². The Labute approximate surface area is 159 Å². The zero-order valence-electron chi connectivity index (χ0n) is 15.8. The molecule has 0 atom stereocenters. The average molecular weight is 392 g/mol. The number of phenols is 1. The molecule has 148 valence electrons. The average Bonchev–Trinajstić information content (AvgIpc) is 2.56. The fourth-order valence-electron chi connectivity index (χ4n) is 2.92. The van der Waals surface area contributed by atoms with Gasteiger partial charge in [0.1, 0.15) is 17.1 Å². The van der Waals surface area contributed by atoms with Crippen LogP contribution in [0, 0.1) is 6.92 Å². The third-order valence-corrected chi connectivity index (χ3v) is 4.32. The monoisotopic (exact) mass is 392 g/mol. The molecule has 7 heteroatoms. The molecular weight excluding hydrogens is 373 g/mol. The number of aromatic hydroxyl groups is 1. The number of rotatable bonds is 2. The lowest BCUT2D eigenvalue weighted by molar-refractivity contribution is -0.154. The number of halogens is 3. The van der Waals surface area contributed by atoms with Crippen LogP contribution in [0.5, 0.6) is 17.2 Å². The number of para-hydroxylation sites is 1. The van der Waals surface area contributed by atoms with E-state index in [1.165, 1.54) is 12.1 Å². The van der Waals surface area contributed by atoms with Gasteiger partial charge in [0, 0.05) is 11.6 Å². The fraction of sp³-hybridized carbons (Fsp3) is 0.286. The van der Waals surface area contributed by atoms with Gasteiger partial charge < -0.3 is 14.3 Å². The second kappa shape index (κ2) is 6.58. The molecule has 3 aromatic rings. The summed E-state index contributed by atoms with van der Waals surface area (Å²) in [6.45, 7) is 7.37. The molecule has 0 aliphatic heterocycles. The van der Waals surface area contributed by atoms with E-state index >= 15 is 0 Å². The quantitative estimate of drug-likeness (QED) is 0.588. The normalized spacial score (nSPS) is 12.4. The maximum atomic E-state index is 13.6. The van der Waals surface area contributed by atoms with E-state index in [9.17, 15) is 23.1 Å². The lowest BCUT2D eigenvalue weighted by atomic mass is 9.85. The second-order valence-electron chi connectivity index (χ2n) is 7.57. The van der Waals surface area contributed by atoms with Crippen LogP contribution in [0.15, 0.2) is 45.6 Å².